The molecule has 19 heavy (non-hydrogen) atoms. The highest BCUT2D eigenvalue weighted by atomic mass is 16.5. The average molecular weight is 255 g/mol. The molecule has 4 nitrogen and oxygen atoms in total. The highest BCUT2D eigenvalue weighted by Crippen LogP contribution is 2.28. The number of anilines is 1. The molecule has 0 radical (unpaired) electrons. The van der Waals surface area contributed by atoms with E-state index in [1.807, 2.05) is 25.1 Å². The Balaban J connectivity index is 2.53. The topological polar surface area (TPSA) is 57.9 Å². The number of fused-ring (bicyclic) bond motifs is 1. The van der Waals surface area contributed by atoms with Crippen LogP contribution < -0.4 is 10.1 Å². The van der Waals surface area contributed by atoms with Crippen LogP contribution >= 0.6 is 0 Å². The minimum Gasteiger partial charge on any atom is -0.494 e. The summed E-state index contributed by atoms with van der Waals surface area (Å²) in [5, 5.41) is 13.3. The zero-order chi connectivity index (χ0) is 13.7. The molecule has 1 aromatic carbocycles. The zero-order valence-electron chi connectivity index (χ0n) is 11.2. The number of rotatable bonds is 5. The average Bonchev–Trinajstić information content (AvgIpc) is 2.45. The van der Waals surface area contributed by atoms with Gasteiger partial charge in [0.1, 0.15) is 11.8 Å². The molecule has 0 fully saturated rings. The monoisotopic (exact) mass is 255 g/mol. The van der Waals surface area contributed by atoms with E-state index in [2.05, 4.69) is 23.3 Å². The number of aromatic nitrogens is 1. The first-order chi connectivity index (χ1) is 9.30. The number of ether oxygens (including phenoxy) is 1. The number of nitrogens with zero attached hydrogens (tertiary/aromatic N) is 2. The number of nitrogens with one attached hydrogen (secondary N) is 1. The Morgan fingerprint density at radius 1 is 1.37 bits per heavy atom. The molecule has 0 amide bonds. The van der Waals surface area contributed by atoms with Crippen molar-refractivity contribution in [2.24, 2.45) is 0 Å². The molecule has 0 saturated heterocycles. The van der Waals surface area contributed by atoms with Crippen LogP contribution in [0.25, 0.3) is 10.9 Å². The van der Waals surface area contributed by atoms with Crippen LogP contribution in [-0.2, 0) is 0 Å². The summed E-state index contributed by atoms with van der Waals surface area (Å²) in [7, 11) is 0. The second-order valence-corrected chi connectivity index (χ2v) is 4.22. The maximum absolute atomic E-state index is 9.15. The van der Waals surface area contributed by atoms with Crippen molar-refractivity contribution in [1.82, 2.24) is 4.98 Å². The van der Waals surface area contributed by atoms with Crippen LogP contribution in [0.5, 0.6) is 5.75 Å². The first-order valence-electron chi connectivity index (χ1n) is 6.49. The maximum atomic E-state index is 9.15. The van der Waals surface area contributed by atoms with Crippen molar-refractivity contribution in [1.29, 1.82) is 5.26 Å². The van der Waals surface area contributed by atoms with Gasteiger partial charge in [-0.25, -0.2) is 0 Å². The molecule has 1 aromatic heterocycles. The lowest BCUT2D eigenvalue weighted by molar-refractivity contribution is 0.318. The number of hydrogen-bond acceptors (Lipinski definition) is 4. The summed E-state index contributed by atoms with van der Waals surface area (Å²) in [5.41, 5.74) is 2.25. The predicted molar refractivity (Wildman–Crippen MR) is 76.4 cm³/mol. The first kappa shape index (κ1) is 13.2. The first-order valence-corrected chi connectivity index (χ1v) is 6.49. The second kappa shape index (κ2) is 6.05. The van der Waals surface area contributed by atoms with Crippen LogP contribution in [0, 0.1) is 11.3 Å². The highest BCUT2D eigenvalue weighted by Gasteiger charge is 2.09. The van der Waals surface area contributed by atoms with Crippen LogP contribution in [0.3, 0.4) is 0 Å². The molecule has 0 bridgehead atoms. The number of hydrogen-bond donors (Lipinski definition) is 1. The standard InChI is InChI=1S/C15H17N3O/c1-3-7-19-12-5-6-14-13(8-12)15(17-4-2)11(9-16)10-18-14/h5-6,8,10H,3-4,7H2,1-2H3,(H,17,18). The van der Waals surface area contributed by atoms with E-state index >= 15 is 0 Å². The summed E-state index contributed by atoms with van der Waals surface area (Å²) in [6.45, 7) is 5.52. The van der Waals surface area contributed by atoms with Crippen LogP contribution in [0.15, 0.2) is 24.4 Å². The van der Waals surface area contributed by atoms with Crippen LogP contribution in [0.4, 0.5) is 5.69 Å². The second-order valence-electron chi connectivity index (χ2n) is 4.22. The van der Waals surface area contributed by atoms with E-state index in [1.165, 1.54) is 0 Å². The molecule has 98 valence electrons. The Bertz CT molecular complexity index is 617. The third-order valence-corrected chi connectivity index (χ3v) is 2.79. The van der Waals surface area contributed by atoms with E-state index in [0.717, 1.165) is 35.3 Å². The molecular formula is C15H17N3O. The summed E-state index contributed by atoms with van der Waals surface area (Å²) >= 11 is 0. The minimum absolute atomic E-state index is 0.557. The predicted octanol–water partition coefficient (Wildman–Crippen LogP) is 3.33. The molecule has 0 aliphatic heterocycles. The SMILES string of the molecule is CCCOc1ccc2ncc(C#N)c(NCC)c2c1. The molecule has 4 heteroatoms. The fourth-order valence-electron chi connectivity index (χ4n) is 1.93. The number of nitriles is 1. The van der Waals surface area contributed by atoms with Gasteiger partial charge in [0, 0.05) is 18.1 Å². The molecule has 2 aromatic rings. The van der Waals surface area contributed by atoms with E-state index in [4.69, 9.17) is 10.00 Å². The van der Waals surface area contributed by atoms with E-state index < -0.39 is 0 Å². The Morgan fingerprint density at radius 2 is 2.21 bits per heavy atom. The Hall–Kier alpha value is -2.28. The Morgan fingerprint density at radius 3 is 2.89 bits per heavy atom. The minimum atomic E-state index is 0.557. The smallest absolute Gasteiger partial charge is 0.120 e. The lowest BCUT2D eigenvalue weighted by Gasteiger charge is -2.11. The summed E-state index contributed by atoms with van der Waals surface area (Å²) < 4.78 is 5.63. The number of benzene rings is 1. The van der Waals surface area contributed by atoms with Crippen LogP contribution in [-0.4, -0.2) is 18.1 Å². The molecule has 1 N–H and O–H groups in total. The molecule has 2 rings (SSSR count). The summed E-state index contributed by atoms with van der Waals surface area (Å²) in [4.78, 5) is 4.30. The maximum Gasteiger partial charge on any atom is 0.120 e. The van der Waals surface area contributed by atoms with Gasteiger partial charge >= 0.3 is 0 Å². The third-order valence-electron chi connectivity index (χ3n) is 2.79. The summed E-state index contributed by atoms with van der Waals surface area (Å²) in [6.07, 6.45) is 2.57. The van der Waals surface area contributed by atoms with Gasteiger partial charge in [-0.05, 0) is 31.5 Å². The molecular weight excluding hydrogens is 238 g/mol. The summed E-state index contributed by atoms with van der Waals surface area (Å²) in [5.74, 6) is 0.811. The molecule has 0 atom stereocenters. The zero-order valence-corrected chi connectivity index (χ0v) is 11.2. The van der Waals surface area contributed by atoms with Crippen molar-refractivity contribution in [2.45, 2.75) is 20.3 Å². The number of pyridine rings is 1. The van der Waals surface area contributed by atoms with Gasteiger partial charge in [0.15, 0.2) is 0 Å². The van der Waals surface area contributed by atoms with E-state index in [0.29, 0.717) is 12.2 Å². The van der Waals surface area contributed by atoms with Gasteiger partial charge in [-0.3, -0.25) is 4.98 Å². The van der Waals surface area contributed by atoms with Crippen LogP contribution in [0.2, 0.25) is 0 Å². The van der Waals surface area contributed by atoms with Crippen molar-refractivity contribution in [3.05, 3.63) is 30.0 Å². The fourth-order valence-corrected chi connectivity index (χ4v) is 1.93. The Kier molecular flexibility index (Phi) is 4.19. The fraction of sp³-hybridized carbons (Fsp3) is 0.333. The van der Waals surface area contributed by atoms with Gasteiger partial charge in [0.2, 0.25) is 0 Å². The lowest BCUT2D eigenvalue weighted by Crippen LogP contribution is -2.02. The van der Waals surface area contributed by atoms with Gasteiger partial charge in [-0.2, -0.15) is 5.26 Å². The van der Waals surface area contributed by atoms with E-state index in [9.17, 15) is 0 Å². The largest absolute Gasteiger partial charge is 0.494 e. The Labute approximate surface area is 113 Å². The van der Waals surface area contributed by atoms with Gasteiger partial charge in [0.25, 0.3) is 0 Å². The van der Waals surface area contributed by atoms with Crippen molar-refractivity contribution in [3.63, 3.8) is 0 Å². The van der Waals surface area contributed by atoms with Crippen molar-refractivity contribution < 1.29 is 4.74 Å². The molecule has 0 spiro atoms. The third kappa shape index (κ3) is 2.76. The van der Waals surface area contributed by atoms with E-state index in [-0.39, 0.29) is 0 Å². The van der Waals surface area contributed by atoms with Gasteiger partial charge < -0.3 is 10.1 Å². The normalized spacial score (nSPS) is 10.2. The molecule has 0 aliphatic carbocycles. The van der Waals surface area contributed by atoms with Crippen molar-refractivity contribution >= 4 is 16.6 Å². The van der Waals surface area contributed by atoms with Crippen LogP contribution in [0.1, 0.15) is 25.8 Å². The molecule has 1 heterocycles. The van der Waals surface area contributed by atoms with Crippen molar-refractivity contribution in [3.8, 4) is 11.8 Å². The molecule has 0 aliphatic rings. The molecule has 0 saturated carbocycles. The van der Waals surface area contributed by atoms with Gasteiger partial charge in [-0.1, -0.05) is 6.92 Å². The quantitative estimate of drug-likeness (QED) is 0.890. The highest BCUT2D eigenvalue weighted by molar-refractivity contribution is 5.94. The van der Waals surface area contributed by atoms with Crippen molar-refractivity contribution in [2.75, 3.05) is 18.5 Å². The molecule has 0 unspecified atom stereocenters. The summed E-state index contributed by atoms with van der Waals surface area (Å²) in [6, 6.07) is 7.94. The van der Waals surface area contributed by atoms with E-state index in [1.54, 1.807) is 6.20 Å². The van der Waals surface area contributed by atoms with Gasteiger partial charge in [0.05, 0.1) is 23.4 Å². The van der Waals surface area contributed by atoms with Gasteiger partial charge in [-0.15, -0.1) is 0 Å². The lowest BCUT2D eigenvalue weighted by atomic mass is 10.1.